The molecule has 0 aliphatic rings. The van der Waals surface area contributed by atoms with Crippen molar-refractivity contribution in [3.8, 4) is 61.8 Å². The van der Waals surface area contributed by atoms with Gasteiger partial charge in [0, 0.05) is 54.7 Å². The highest BCUT2D eigenvalue weighted by Gasteiger charge is 2.17. The van der Waals surface area contributed by atoms with E-state index in [4.69, 9.17) is 18.8 Å². The van der Waals surface area contributed by atoms with E-state index in [1.165, 1.54) is 21.8 Å². The Morgan fingerprint density at radius 3 is 1.30 bits per heavy atom. The van der Waals surface area contributed by atoms with Crippen molar-refractivity contribution in [2.45, 2.75) is 0 Å². The highest BCUT2D eigenvalue weighted by atomic mass is 16.3. The van der Waals surface area contributed by atoms with Gasteiger partial charge in [-0.15, -0.1) is 0 Å². The Kier molecular flexibility index (Phi) is 7.84. The van der Waals surface area contributed by atoms with Crippen LogP contribution in [0.1, 0.15) is 0 Å². The highest BCUT2D eigenvalue weighted by Crippen LogP contribution is 2.40. The van der Waals surface area contributed by atoms with Crippen LogP contribution < -0.4 is 0 Å². The maximum Gasteiger partial charge on any atom is 0.160 e. The average molecular weight is 806 g/mol. The molecule has 5 nitrogen and oxygen atoms in total. The molecule has 0 fully saturated rings. The normalized spacial score (nSPS) is 11.8. The van der Waals surface area contributed by atoms with Crippen LogP contribution in [0.25, 0.3) is 128 Å². The van der Waals surface area contributed by atoms with Crippen molar-refractivity contribution in [3.63, 3.8) is 0 Å². The fourth-order valence-corrected chi connectivity index (χ4v) is 9.36. The van der Waals surface area contributed by atoms with Gasteiger partial charge in [0.25, 0.3) is 0 Å². The van der Waals surface area contributed by atoms with Crippen molar-refractivity contribution in [2.75, 3.05) is 0 Å². The van der Waals surface area contributed by atoms with Crippen LogP contribution in [0.5, 0.6) is 0 Å². The van der Waals surface area contributed by atoms with E-state index in [0.717, 1.165) is 99.9 Å². The predicted octanol–water partition coefficient (Wildman–Crippen LogP) is 15.7. The molecule has 13 rings (SSSR count). The summed E-state index contributed by atoms with van der Waals surface area (Å²) in [6, 6.07) is 74.6. The molecule has 0 amide bonds. The first-order valence-corrected chi connectivity index (χ1v) is 21.2. The zero-order valence-electron chi connectivity index (χ0n) is 33.9. The predicted molar refractivity (Wildman–Crippen MR) is 258 cm³/mol. The molecule has 0 saturated heterocycles. The van der Waals surface area contributed by atoms with Gasteiger partial charge in [0.2, 0.25) is 0 Å². The number of rotatable bonds is 6. The molecule has 0 aliphatic heterocycles. The molecular formula is C58H35N3O2. The summed E-state index contributed by atoms with van der Waals surface area (Å²) in [6.07, 6.45) is 0. The summed E-state index contributed by atoms with van der Waals surface area (Å²) in [5.74, 6) is 0.666. The van der Waals surface area contributed by atoms with E-state index in [1.54, 1.807) is 0 Å². The number of nitrogens with zero attached hydrogens (tertiary/aromatic N) is 3. The third-order valence-electron chi connectivity index (χ3n) is 12.4. The Morgan fingerprint density at radius 1 is 0.286 bits per heavy atom. The lowest BCUT2D eigenvalue weighted by Gasteiger charge is -2.14. The SMILES string of the molecule is c1ccc(-c2nc(-c3ccc(-n4c5ccccc5c5ccccc54)cc3)cc(-c3cc(-c4ccc5oc6ccccc6c5c4)cc(-c4ccc5oc6ccccc6c5c4)c3)n2)cc1. The van der Waals surface area contributed by atoms with Gasteiger partial charge >= 0.3 is 0 Å². The second-order valence-corrected chi connectivity index (χ2v) is 16.2. The largest absolute Gasteiger partial charge is 0.456 e. The maximum atomic E-state index is 6.25. The van der Waals surface area contributed by atoms with E-state index in [-0.39, 0.29) is 0 Å². The van der Waals surface area contributed by atoms with Crippen LogP contribution >= 0.6 is 0 Å². The number of fused-ring (bicyclic) bond motifs is 9. The van der Waals surface area contributed by atoms with Crippen LogP contribution in [0.2, 0.25) is 0 Å². The van der Waals surface area contributed by atoms with Crippen molar-refractivity contribution < 1.29 is 8.83 Å². The molecule has 63 heavy (non-hydrogen) atoms. The van der Waals surface area contributed by atoms with Gasteiger partial charge in [0.05, 0.1) is 22.4 Å². The van der Waals surface area contributed by atoms with Gasteiger partial charge in [-0.1, -0.05) is 127 Å². The van der Waals surface area contributed by atoms with Crippen molar-refractivity contribution in [1.29, 1.82) is 0 Å². The molecular weight excluding hydrogens is 771 g/mol. The number of hydrogen-bond acceptors (Lipinski definition) is 4. The summed E-state index contributed by atoms with van der Waals surface area (Å²) in [5, 5.41) is 6.84. The Morgan fingerprint density at radius 2 is 0.730 bits per heavy atom. The van der Waals surface area contributed by atoms with Crippen LogP contribution in [-0.4, -0.2) is 14.5 Å². The molecule has 4 heterocycles. The fourth-order valence-electron chi connectivity index (χ4n) is 9.36. The minimum Gasteiger partial charge on any atom is -0.456 e. The Labute approximate surface area is 361 Å². The fraction of sp³-hybridized carbons (Fsp3) is 0. The smallest absolute Gasteiger partial charge is 0.160 e. The minimum absolute atomic E-state index is 0.666. The monoisotopic (exact) mass is 805 g/mol. The first kappa shape index (κ1) is 35.2. The third-order valence-corrected chi connectivity index (χ3v) is 12.4. The van der Waals surface area contributed by atoms with Gasteiger partial charge in [0.1, 0.15) is 22.3 Å². The van der Waals surface area contributed by atoms with Gasteiger partial charge in [-0.3, -0.25) is 0 Å². The third kappa shape index (κ3) is 5.86. The van der Waals surface area contributed by atoms with Crippen LogP contribution in [0.4, 0.5) is 0 Å². The number of furan rings is 2. The van der Waals surface area contributed by atoms with Crippen LogP contribution in [-0.2, 0) is 0 Å². The summed E-state index contributed by atoms with van der Waals surface area (Å²) in [7, 11) is 0. The summed E-state index contributed by atoms with van der Waals surface area (Å²) in [6.45, 7) is 0. The molecule has 13 aromatic rings. The lowest BCUT2D eigenvalue weighted by atomic mass is 9.93. The summed E-state index contributed by atoms with van der Waals surface area (Å²) < 4.78 is 14.8. The van der Waals surface area contributed by atoms with E-state index in [1.807, 2.05) is 42.5 Å². The Bertz CT molecular complexity index is 3730. The number of benzene rings is 9. The van der Waals surface area contributed by atoms with Gasteiger partial charge in [-0.05, 0) is 107 Å². The minimum atomic E-state index is 0.666. The van der Waals surface area contributed by atoms with Crippen molar-refractivity contribution in [3.05, 3.63) is 212 Å². The summed E-state index contributed by atoms with van der Waals surface area (Å²) in [5.41, 5.74) is 15.9. The van der Waals surface area contributed by atoms with Crippen LogP contribution in [0.3, 0.4) is 0 Å². The van der Waals surface area contributed by atoms with E-state index in [9.17, 15) is 0 Å². The highest BCUT2D eigenvalue weighted by molar-refractivity contribution is 6.10. The number of aromatic nitrogens is 3. The zero-order chi connectivity index (χ0) is 41.4. The molecule has 0 saturated carbocycles. The van der Waals surface area contributed by atoms with Crippen molar-refractivity contribution >= 4 is 65.7 Å². The first-order valence-electron chi connectivity index (χ1n) is 21.2. The molecule has 0 unspecified atom stereocenters. The second kappa shape index (κ2) is 14.0. The zero-order valence-corrected chi connectivity index (χ0v) is 33.9. The molecule has 0 radical (unpaired) electrons. The number of para-hydroxylation sites is 4. The molecule has 0 atom stereocenters. The maximum absolute atomic E-state index is 6.25. The van der Waals surface area contributed by atoms with Crippen molar-refractivity contribution in [2.24, 2.45) is 0 Å². The van der Waals surface area contributed by atoms with E-state index in [2.05, 4.69) is 174 Å². The molecule has 294 valence electrons. The van der Waals surface area contributed by atoms with Gasteiger partial charge in [-0.2, -0.15) is 0 Å². The topological polar surface area (TPSA) is 57.0 Å². The standard InChI is InChI=1S/C58H35N3O2/c1-2-12-37(13-3-1)58-59-50(36-22-26-43(27-23-36)61-52-18-8-4-14-44(52)45-15-5-9-19-53(45)61)35-51(60-58)42-31-40(38-24-28-56-48(33-38)46-16-6-10-20-54(46)62-56)30-41(32-42)39-25-29-57-49(34-39)47-17-7-11-21-55(47)63-57/h1-35H. The van der Waals surface area contributed by atoms with Gasteiger partial charge < -0.3 is 13.4 Å². The average Bonchev–Trinajstić information content (AvgIpc) is 4.03. The summed E-state index contributed by atoms with van der Waals surface area (Å²) >= 11 is 0. The van der Waals surface area contributed by atoms with Crippen LogP contribution in [0.15, 0.2) is 221 Å². The second-order valence-electron chi connectivity index (χ2n) is 16.2. The quantitative estimate of drug-likeness (QED) is 0.168. The molecule has 0 spiro atoms. The molecule has 4 aromatic heterocycles. The van der Waals surface area contributed by atoms with Gasteiger partial charge in [0.15, 0.2) is 5.82 Å². The van der Waals surface area contributed by atoms with E-state index < -0.39 is 0 Å². The Balaban J connectivity index is 0.996. The Hall–Kier alpha value is -8.54. The molecule has 9 aromatic carbocycles. The molecule has 0 aliphatic carbocycles. The van der Waals surface area contributed by atoms with E-state index in [0.29, 0.717) is 5.82 Å². The molecule has 0 N–H and O–H groups in total. The molecule has 5 heteroatoms. The number of hydrogen-bond donors (Lipinski definition) is 0. The summed E-state index contributed by atoms with van der Waals surface area (Å²) in [4.78, 5) is 10.5. The van der Waals surface area contributed by atoms with Gasteiger partial charge in [-0.25, -0.2) is 9.97 Å². The first-order chi connectivity index (χ1) is 31.2. The lowest BCUT2D eigenvalue weighted by molar-refractivity contribution is 0.668. The lowest BCUT2D eigenvalue weighted by Crippen LogP contribution is -1.97. The van der Waals surface area contributed by atoms with E-state index >= 15 is 0 Å². The van der Waals surface area contributed by atoms with Crippen molar-refractivity contribution in [1.82, 2.24) is 14.5 Å². The molecule has 0 bridgehead atoms. The van der Waals surface area contributed by atoms with Crippen LogP contribution in [0, 0.1) is 0 Å².